The van der Waals surface area contributed by atoms with E-state index in [2.05, 4.69) is 42.6 Å². The second-order valence-corrected chi connectivity index (χ2v) is 6.20. The van der Waals surface area contributed by atoms with Gasteiger partial charge in [0, 0.05) is 5.02 Å². The summed E-state index contributed by atoms with van der Waals surface area (Å²) in [7, 11) is 0. The first-order valence-corrected chi connectivity index (χ1v) is 8.27. The molecule has 1 N–H and O–H groups in total. The van der Waals surface area contributed by atoms with Crippen molar-refractivity contribution in [1.82, 2.24) is 5.32 Å². The van der Waals surface area contributed by atoms with Crippen molar-refractivity contribution in [3.63, 3.8) is 0 Å². The van der Waals surface area contributed by atoms with Gasteiger partial charge in [0.25, 0.3) is 0 Å². The third kappa shape index (κ3) is 3.14. The van der Waals surface area contributed by atoms with Crippen LogP contribution in [0.25, 0.3) is 0 Å². The van der Waals surface area contributed by atoms with E-state index in [-0.39, 0.29) is 6.04 Å². The van der Waals surface area contributed by atoms with Gasteiger partial charge in [-0.25, -0.2) is 0 Å². The van der Waals surface area contributed by atoms with E-state index in [9.17, 15) is 0 Å². The fourth-order valence-electron chi connectivity index (χ4n) is 3.18. The average molecular weight is 300 g/mol. The molecule has 0 aromatic heterocycles. The molecule has 0 amide bonds. The largest absolute Gasteiger partial charge is 0.306 e. The fraction of sp³-hybridized carbons (Fsp3) is 0.368. The third-order valence-corrected chi connectivity index (χ3v) is 4.61. The minimum Gasteiger partial charge on any atom is -0.306 e. The lowest BCUT2D eigenvalue weighted by Crippen LogP contribution is -2.23. The zero-order valence-corrected chi connectivity index (χ0v) is 13.3. The second kappa shape index (κ2) is 6.64. The SMILES string of the molecule is CCCNC(c1ccc2c(c1)CCC2)c1ccccc1Cl. The van der Waals surface area contributed by atoms with Gasteiger partial charge in [-0.3, -0.25) is 0 Å². The lowest BCUT2D eigenvalue weighted by Gasteiger charge is -2.21. The molecule has 0 saturated carbocycles. The van der Waals surface area contributed by atoms with Crippen molar-refractivity contribution in [2.45, 2.75) is 38.6 Å². The molecule has 2 aromatic rings. The Balaban J connectivity index is 1.97. The van der Waals surface area contributed by atoms with Gasteiger partial charge in [-0.2, -0.15) is 0 Å². The van der Waals surface area contributed by atoms with Crippen LogP contribution >= 0.6 is 11.6 Å². The van der Waals surface area contributed by atoms with Crippen LogP contribution in [0.1, 0.15) is 48.1 Å². The van der Waals surface area contributed by atoms with Gasteiger partial charge >= 0.3 is 0 Å². The summed E-state index contributed by atoms with van der Waals surface area (Å²) in [5, 5.41) is 4.49. The lowest BCUT2D eigenvalue weighted by molar-refractivity contribution is 0.598. The van der Waals surface area contributed by atoms with Crippen LogP contribution in [0.15, 0.2) is 42.5 Å². The number of rotatable bonds is 5. The Kier molecular flexibility index (Phi) is 4.62. The van der Waals surface area contributed by atoms with Crippen molar-refractivity contribution in [2.24, 2.45) is 0 Å². The molecule has 21 heavy (non-hydrogen) atoms. The van der Waals surface area contributed by atoms with Gasteiger partial charge in [-0.15, -0.1) is 0 Å². The van der Waals surface area contributed by atoms with Gasteiger partial charge in [0.15, 0.2) is 0 Å². The highest BCUT2D eigenvalue weighted by molar-refractivity contribution is 6.31. The zero-order valence-electron chi connectivity index (χ0n) is 12.5. The Morgan fingerprint density at radius 3 is 2.71 bits per heavy atom. The molecule has 0 bridgehead atoms. The molecule has 3 rings (SSSR count). The maximum absolute atomic E-state index is 6.43. The Hall–Kier alpha value is -1.31. The third-order valence-electron chi connectivity index (χ3n) is 4.27. The van der Waals surface area contributed by atoms with Crippen LogP contribution in [0.5, 0.6) is 0 Å². The number of aryl methyl sites for hydroxylation is 2. The maximum atomic E-state index is 6.43. The summed E-state index contributed by atoms with van der Waals surface area (Å²) in [6, 6.07) is 15.3. The predicted octanol–water partition coefficient (Wildman–Crippen LogP) is 4.92. The number of hydrogen-bond donors (Lipinski definition) is 1. The Morgan fingerprint density at radius 2 is 1.90 bits per heavy atom. The van der Waals surface area contributed by atoms with Crippen LogP contribution in [0, 0.1) is 0 Å². The average Bonchev–Trinajstić information content (AvgIpc) is 2.97. The summed E-state index contributed by atoms with van der Waals surface area (Å²) in [5.41, 5.74) is 5.54. The molecule has 2 aromatic carbocycles. The maximum Gasteiger partial charge on any atom is 0.0591 e. The minimum atomic E-state index is 0.185. The minimum absolute atomic E-state index is 0.185. The summed E-state index contributed by atoms with van der Waals surface area (Å²) >= 11 is 6.43. The van der Waals surface area contributed by atoms with E-state index in [0.717, 1.165) is 18.0 Å². The smallest absolute Gasteiger partial charge is 0.0591 e. The molecule has 0 aliphatic heterocycles. The van der Waals surface area contributed by atoms with Gasteiger partial charge in [0.05, 0.1) is 6.04 Å². The molecule has 0 radical (unpaired) electrons. The molecule has 110 valence electrons. The van der Waals surface area contributed by atoms with E-state index in [1.807, 2.05) is 12.1 Å². The summed E-state index contributed by atoms with van der Waals surface area (Å²) in [5.74, 6) is 0. The summed E-state index contributed by atoms with van der Waals surface area (Å²) in [6.45, 7) is 3.19. The fourth-order valence-corrected chi connectivity index (χ4v) is 3.42. The van der Waals surface area contributed by atoms with Crippen LogP contribution in [0.2, 0.25) is 5.02 Å². The molecule has 0 spiro atoms. The Labute approximate surface area is 132 Å². The van der Waals surface area contributed by atoms with Crippen LogP contribution in [0.4, 0.5) is 0 Å². The van der Waals surface area contributed by atoms with E-state index in [1.54, 1.807) is 0 Å². The van der Waals surface area contributed by atoms with Crippen LogP contribution in [-0.2, 0) is 12.8 Å². The van der Waals surface area contributed by atoms with Crippen molar-refractivity contribution in [3.8, 4) is 0 Å². The molecule has 1 aliphatic carbocycles. The van der Waals surface area contributed by atoms with Crippen LogP contribution in [-0.4, -0.2) is 6.54 Å². The molecule has 2 heteroatoms. The number of fused-ring (bicyclic) bond motifs is 1. The molecule has 0 heterocycles. The van der Waals surface area contributed by atoms with Crippen molar-refractivity contribution in [3.05, 3.63) is 69.7 Å². The molecule has 1 atom stereocenters. The lowest BCUT2D eigenvalue weighted by atomic mass is 9.95. The van der Waals surface area contributed by atoms with Gasteiger partial charge in [-0.1, -0.05) is 54.9 Å². The summed E-state index contributed by atoms with van der Waals surface area (Å²) in [4.78, 5) is 0. The van der Waals surface area contributed by atoms with Crippen LogP contribution in [0.3, 0.4) is 0 Å². The van der Waals surface area contributed by atoms with Crippen molar-refractivity contribution in [2.75, 3.05) is 6.54 Å². The summed E-state index contributed by atoms with van der Waals surface area (Å²) < 4.78 is 0. The number of hydrogen-bond acceptors (Lipinski definition) is 1. The summed E-state index contributed by atoms with van der Waals surface area (Å²) in [6.07, 6.45) is 4.85. The quantitative estimate of drug-likeness (QED) is 0.826. The molecule has 0 saturated heterocycles. The Morgan fingerprint density at radius 1 is 1.10 bits per heavy atom. The standard InChI is InChI=1S/C19H22ClN/c1-2-12-21-19(17-8-3-4-9-18(17)20)16-11-10-14-6-5-7-15(14)13-16/h3-4,8-11,13,19,21H,2,5-7,12H2,1H3. The molecule has 1 unspecified atom stereocenters. The first kappa shape index (κ1) is 14.6. The molecule has 0 fully saturated rings. The van der Waals surface area contributed by atoms with E-state index >= 15 is 0 Å². The van der Waals surface area contributed by atoms with E-state index in [1.165, 1.54) is 41.5 Å². The number of benzene rings is 2. The van der Waals surface area contributed by atoms with Crippen molar-refractivity contribution < 1.29 is 0 Å². The molecule has 1 aliphatic rings. The molecular weight excluding hydrogens is 278 g/mol. The van der Waals surface area contributed by atoms with Gasteiger partial charge in [-0.05, 0) is 60.5 Å². The van der Waals surface area contributed by atoms with E-state index < -0.39 is 0 Å². The number of halogens is 1. The predicted molar refractivity (Wildman–Crippen MR) is 90.1 cm³/mol. The highest BCUT2D eigenvalue weighted by atomic mass is 35.5. The highest BCUT2D eigenvalue weighted by Gasteiger charge is 2.18. The van der Waals surface area contributed by atoms with Gasteiger partial charge in [0.2, 0.25) is 0 Å². The van der Waals surface area contributed by atoms with Gasteiger partial charge in [0.1, 0.15) is 0 Å². The van der Waals surface area contributed by atoms with E-state index in [4.69, 9.17) is 11.6 Å². The van der Waals surface area contributed by atoms with E-state index in [0.29, 0.717) is 0 Å². The zero-order chi connectivity index (χ0) is 14.7. The number of nitrogens with one attached hydrogen (secondary N) is 1. The second-order valence-electron chi connectivity index (χ2n) is 5.79. The van der Waals surface area contributed by atoms with Crippen molar-refractivity contribution >= 4 is 11.6 Å². The topological polar surface area (TPSA) is 12.0 Å². The molecular formula is C19H22ClN. The normalized spacial score (nSPS) is 15.0. The monoisotopic (exact) mass is 299 g/mol. The van der Waals surface area contributed by atoms with Crippen LogP contribution < -0.4 is 5.32 Å². The first-order chi connectivity index (χ1) is 10.3. The van der Waals surface area contributed by atoms with Gasteiger partial charge < -0.3 is 5.32 Å². The highest BCUT2D eigenvalue weighted by Crippen LogP contribution is 2.31. The molecule has 1 nitrogen and oxygen atoms in total. The Bertz CT molecular complexity index is 621. The van der Waals surface area contributed by atoms with Crippen molar-refractivity contribution in [1.29, 1.82) is 0 Å². The first-order valence-electron chi connectivity index (χ1n) is 7.89.